The van der Waals surface area contributed by atoms with Crippen molar-refractivity contribution >= 4 is 34.0 Å². The van der Waals surface area contributed by atoms with Crippen molar-refractivity contribution in [2.24, 2.45) is 0 Å². The van der Waals surface area contributed by atoms with Crippen molar-refractivity contribution in [3.05, 3.63) is 54.1 Å². The van der Waals surface area contributed by atoms with Crippen molar-refractivity contribution in [3.63, 3.8) is 0 Å². The van der Waals surface area contributed by atoms with Gasteiger partial charge in [0.2, 0.25) is 10.0 Å². The van der Waals surface area contributed by atoms with Gasteiger partial charge in [-0.3, -0.25) is 4.79 Å². The van der Waals surface area contributed by atoms with Gasteiger partial charge in [-0.05, 0) is 36.4 Å². The van der Waals surface area contributed by atoms with E-state index in [1.807, 2.05) is 12.1 Å². The van der Waals surface area contributed by atoms with Gasteiger partial charge >= 0.3 is 0 Å². The summed E-state index contributed by atoms with van der Waals surface area (Å²) in [5, 5.41) is 10.0. The fraction of sp³-hybridized carbons (Fsp3) is 0.381. The highest BCUT2D eigenvalue weighted by atomic mass is 35.5. The van der Waals surface area contributed by atoms with Crippen LogP contribution in [0.2, 0.25) is 0 Å². The zero-order valence-electron chi connectivity index (χ0n) is 17.2. The van der Waals surface area contributed by atoms with Gasteiger partial charge in [0, 0.05) is 44.8 Å². The lowest BCUT2D eigenvalue weighted by atomic mass is 10.1. The van der Waals surface area contributed by atoms with Crippen LogP contribution >= 0.6 is 12.4 Å². The molecule has 0 aliphatic carbocycles. The third-order valence-electron chi connectivity index (χ3n) is 5.23. The van der Waals surface area contributed by atoms with Crippen LogP contribution in [-0.4, -0.2) is 67.9 Å². The Balaban J connectivity index is 0.00000320. The predicted molar refractivity (Wildman–Crippen MR) is 120 cm³/mol. The highest BCUT2D eigenvalue weighted by Crippen LogP contribution is 2.27. The number of rotatable bonds is 6. The summed E-state index contributed by atoms with van der Waals surface area (Å²) in [4.78, 5) is 16.8. The third kappa shape index (κ3) is 4.88. The van der Waals surface area contributed by atoms with E-state index in [2.05, 4.69) is 4.90 Å². The molecule has 2 aromatic carbocycles. The van der Waals surface area contributed by atoms with E-state index < -0.39 is 10.0 Å². The molecule has 9 heteroatoms. The summed E-state index contributed by atoms with van der Waals surface area (Å²) in [6, 6.07) is 13.3. The van der Waals surface area contributed by atoms with Crippen LogP contribution in [-0.2, 0) is 10.0 Å². The minimum Gasteiger partial charge on any atom is -0.506 e. The van der Waals surface area contributed by atoms with Crippen molar-refractivity contribution in [2.45, 2.75) is 18.7 Å². The first-order valence-corrected chi connectivity index (χ1v) is 11.2. The number of anilines is 1. The zero-order valence-corrected chi connectivity index (χ0v) is 18.8. The zero-order chi connectivity index (χ0) is 21.0. The van der Waals surface area contributed by atoms with E-state index in [1.54, 1.807) is 43.0 Å². The van der Waals surface area contributed by atoms with Gasteiger partial charge in [-0.1, -0.05) is 26.0 Å². The molecule has 0 aromatic heterocycles. The Morgan fingerprint density at radius 3 is 2.07 bits per heavy atom. The molecule has 1 aliphatic heterocycles. The minimum atomic E-state index is -3.53. The molecule has 1 heterocycles. The number of carbonyl (C=O) groups is 1. The first-order valence-electron chi connectivity index (χ1n) is 9.81. The highest BCUT2D eigenvalue weighted by molar-refractivity contribution is 7.89. The fourth-order valence-electron chi connectivity index (χ4n) is 3.55. The van der Waals surface area contributed by atoms with Crippen molar-refractivity contribution in [3.8, 4) is 5.75 Å². The number of aromatic hydroxyl groups is 1. The Labute approximate surface area is 184 Å². The van der Waals surface area contributed by atoms with Crippen LogP contribution in [0.1, 0.15) is 24.2 Å². The molecule has 1 amide bonds. The van der Waals surface area contributed by atoms with Crippen LogP contribution in [0, 0.1) is 0 Å². The van der Waals surface area contributed by atoms with Gasteiger partial charge in [0.15, 0.2) is 0 Å². The number of phenolic OH excluding ortho intramolecular Hbond substituents is 1. The lowest BCUT2D eigenvalue weighted by Gasteiger charge is -2.36. The van der Waals surface area contributed by atoms with Crippen molar-refractivity contribution in [1.29, 1.82) is 0 Å². The van der Waals surface area contributed by atoms with Gasteiger partial charge in [0.25, 0.3) is 5.91 Å². The molecule has 7 nitrogen and oxygen atoms in total. The summed E-state index contributed by atoms with van der Waals surface area (Å²) in [5.74, 6) is 0.117. The lowest BCUT2D eigenvalue weighted by molar-refractivity contribution is 0.0746. The van der Waals surface area contributed by atoms with Gasteiger partial charge in [-0.2, -0.15) is 4.31 Å². The molecule has 2 aromatic rings. The van der Waals surface area contributed by atoms with E-state index in [4.69, 9.17) is 0 Å². The molecule has 30 heavy (non-hydrogen) atoms. The number of benzene rings is 2. The number of hydrogen-bond acceptors (Lipinski definition) is 5. The molecule has 0 unspecified atom stereocenters. The second kappa shape index (κ2) is 10.1. The average Bonchev–Trinajstić information content (AvgIpc) is 2.74. The molecule has 1 saturated heterocycles. The molecule has 0 spiro atoms. The normalized spacial score (nSPS) is 14.5. The Kier molecular flexibility index (Phi) is 8.11. The molecule has 1 N–H and O–H groups in total. The number of nitrogens with zero attached hydrogens (tertiary/aromatic N) is 3. The summed E-state index contributed by atoms with van der Waals surface area (Å²) in [6.45, 7) is 6.72. The topological polar surface area (TPSA) is 81.2 Å². The molecule has 3 rings (SSSR count). The summed E-state index contributed by atoms with van der Waals surface area (Å²) in [6.07, 6.45) is 0. The number of sulfonamides is 1. The van der Waals surface area contributed by atoms with Gasteiger partial charge in [-0.15, -0.1) is 12.4 Å². The molecule has 0 radical (unpaired) electrons. The third-order valence-corrected chi connectivity index (χ3v) is 7.30. The van der Waals surface area contributed by atoms with E-state index >= 15 is 0 Å². The Morgan fingerprint density at radius 1 is 0.967 bits per heavy atom. The molecule has 0 bridgehead atoms. The van der Waals surface area contributed by atoms with Crippen LogP contribution in [0.5, 0.6) is 5.75 Å². The summed E-state index contributed by atoms with van der Waals surface area (Å²) < 4.78 is 26.6. The Bertz CT molecular complexity index is 954. The fourth-order valence-corrected chi connectivity index (χ4v) is 5.00. The van der Waals surface area contributed by atoms with E-state index in [0.717, 1.165) is 5.69 Å². The quantitative estimate of drug-likeness (QED) is 0.727. The molecular weight excluding hydrogens is 426 g/mol. The van der Waals surface area contributed by atoms with E-state index in [-0.39, 0.29) is 29.0 Å². The predicted octanol–water partition coefficient (Wildman–Crippen LogP) is 2.81. The number of hydrogen-bond donors (Lipinski definition) is 1. The number of halogens is 1. The van der Waals surface area contributed by atoms with Gasteiger partial charge in [0.05, 0.1) is 10.6 Å². The van der Waals surface area contributed by atoms with Crippen LogP contribution in [0.25, 0.3) is 0 Å². The standard InChI is InChI=1S/C21H27N3O4S.ClH/c1-3-24(4-2)29(27,28)18-11-9-17(10-12-18)21(26)23-15-13-22(14-16-23)19-7-5-6-8-20(19)25;/h5-12,25H,3-4,13-16H2,1-2H3;1H. The van der Waals surface area contributed by atoms with Crippen molar-refractivity contribution in [2.75, 3.05) is 44.2 Å². The number of para-hydroxylation sites is 2. The smallest absolute Gasteiger partial charge is 0.253 e. The number of phenols is 1. The largest absolute Gasteiger partial charge is 0.506 e. The average molecular weight is 454 g/mol. The van der Waals surface area contributed by atoms with Gasteiger partial charge < -0.3 is 14.9 Å². The van der Waals surface area contributed by atoms with Crippen LogP contribution < -0.4 is 4.90 Å². The van der Waals surface area contributed by atoms with Gasteiger partial charge in [-0.25, -0.2) is 8.42 Å². The van der Waals surface area contributed by atoms with E-state index in [1.165, 1.54) is 16.4 Å². The van der Waals surface area contributed by atoms with Crippen LogP contribution in [0.4, 0.5) is 5.69 Å². The highest BCUT2D eigenvalue weighted by Gasteiger charge is 2.25. The molecule has 1 fully saturated rings. The number of piperazine rings is 1. The van der Waals surface area contributed by atoms with E-state index in [9.17, 15) is 18.3 Å². The minimum absolute atomic E-state index is 0. The maximum Gasteiger partial charge on any atom is 0.253 e. The second-order valence-electron chi connectivity index (χ2n) is 6.88. The van der Waals surface area contributed by atoms with Crippen LogP contribution in [0.15, 0.2) is 53.4 Å². The second-order valence-corrected chi connectivity index (χ2v) is 8.82. The van der Waals surface area contributed by atoms with Crippen molar-refractivity contribution < 1.29 is 18.3 Å². The number of carbonyl (C=O) groups excluding carboxylic acids is 1. The lowest BCUT2D eigenvalue weighted by Crippen LogP contribution is -2.48. The molecule has 0 atom stereocenters. The first-order chi connectivity index (χ1) is 13.9. The molecular formula is C21H28ClN3O4S. The SMILES string of the molecule is CCN(CC)S(=O)(=O)c1ccc(C(=O)N2CCN(c3ccccc3O)CC2)cc1.Cl. The Morgan fingerprint density at radius 2 is 1.53 bits per heavy atom. The molecule has 164 valence electrons. The molecule has 1 aliphatic rings. The van der Waals surface area contributed by atoms with E-state index in [0.29, 0.717) is 44.8 Å². The molecule has 0 saturated carbocycles. The number of amides is 1. The monoisotopic (exact) mass is 453 g/mol. The maximum absolute atomic E-state index is 12.8. The van der Waals surface area contributed by atoms with Crippen molar-refractivity contribution in [1.82, 2.24) is 9.21 Å². The van der Waals surface area contributed by atoms with Crippen LogP contribution in [0.3, 0.4) is 0 Å². The summed E-state index contributed by atoms with van der Waals surface area (Å²) in [5.41, 5.74) is 1.24. The van der Waals surface area contributed by atoms with Gasteiger partial charge in [0.1, 0.15) is 5.75 Å². The maximum atomic E-state index is 12.8. The summed E-state index contributed by atoms with van der Waals surface area (Å²) in [7, 11) is -3.53. The Hall–Kier alpha value is -2.29. The summed E-state index contributed by atoms with van der Waals surface area (Å²) >= 11 is 0. The first kappa shape index (κ1) is 24.0.